The molecule has 0 aliphatic heterocycles. The Morgan fingerprint density at radius 3 is 2.44 bits per heavy atom. The van der Waals surface area contributed by atoms with Gasteiger partial charge in [-0.05, 0) is 36.1 Å². The van der Waals surface area contributed by atoms with E-state index in [9.17, 15) is 0 Å². The molecule has 1 aromatic carbocycles. The molecule has 18 heavy (non-hydrogen) atoms. The second-order valence-electron chi connectivity index (χ2n) is 6.44. The Bertz CT molecular complexity index is 437. The van der Waals surface area contributed by atoms with Crippen molar-refractivity contribution in [3.05, 3.63) is 29.3 Å². The van der Waals surface area contributed by atoms with Gasteiger partial charge in [0, 0.05) is 17.9 Å². The molecule has 2 atom stereocenters. The first-order chi connectivity index (χ1) is 8.32. The molecule has 1 aromatic rings. The Labute approximate surface area is 111 Å². The lowest BCUT2D eigenvalue weighted by Gasteiger charge is -2.49. The molecule has 0 amide bonds. The highest BCUT2D eigenvalue weighted by atomic mass is 16.5. The molecule has 2 nitrogen and oxygen atoms in total. The maximum Gasteiger partial charge on any atom is 0.120 e. The minimum absolute atomic E-state index is 0.0879. The zero-order valence-electron chi connectivity index (χ0n) is 12.2. The maximum atomic E-state index is 6.07. The molecule has 2 heteroatoms. The summed E-state index contributed by atoms with van der Waals surface area (Å²) in [5, 5.41) is 0. The smallest absolute Gasteiger partial charge is 0.120 e. The molecule has 1 aliphatic rings. The summed E-state index contributed by atoms with van der Waals surface area (Å²) in [6, 6.07) is 6.68. The molecule has 0 bridgehead atoms. The Hall–Kier alpha value is -1.02. The number of aryl methyl sites for hydroxylation is 1. The molecule has 2 N–H and O–H groups in total. The normalized spacial score (nSPS) is 25.9. The van der Waals surface area contributed by atoms with E-state index >= 15 is 0 Å². The van der Waals surface area contributed by atoms with Gasteiger partial charge < -0.3 is 10.5 Å². The van der Waals surface area contributed by atoms with Crippen LogP contribution >= 0.6 is 0 Å². The van der Waals surface area contributed by atoms with Gasteiger partial charge in [0.2, 0.25) is 0 Å². The minimum atomic E-state index is 0.0879. The zero-order valence-corrected chi connectivity index (χ0v) is 12.2. The van der Waals surface area contributed by atoms with Crippen LogP contribution in [0.25, 0.3) is 0 Å². The summed E-state index contributed by atoms with van der Waals surface area (Å²) in [4.78, 5) is 0. The number of rotatable bonds is 3. The monoisotopic (exact) mass is 247 g/mol. The van der Waals surface area contributed by atoms with Crippen molar-refractivity contribution in [2.45, 2.75) is 59.1 Å². The lowest BCUT2D eigenvalue weighted by molar-refractivity contribution is -0.0400. The van der Waals surface area contributed by atoms with E-state index in [-0.39, 0.29) is 17.6 Å². The highest BCUT2D eigenvalue weighted by Crippen LogP contribution is 2.42. The third-order valence-electron chi connectivity index (χ3n) is 4.40. The molecular formula is C16H25NO. The van der Waals surface area contributed by atoms with Gasteiger partial charge in [-0.3, -0.25) is 0 Å². The fraction of sp³-hybridized carbons (Fsp3) is 0.625. The first-order valence-electron chi connectivity index (χ1n) is 6.85. The van der Waals surface area contributed by atoms with Crippen LogP contribution in [0.15, 0.2) is 18.2 Å². The van der Waals surface area contributed by atoms with Crippen molar-refractivity contribution in [3.8, 4) is 5.75 Å². The second-order valence-corrected chi connectivity index (χ2v) is 6.44. The fourth-order valence-corrected chi connectivity index (χ4v) is 2.65. The topological polar surface area (TPSA) is 35.2 Å². The van der Waals surface area contributed by atoms with Crippen LogP contribution in [0.4, 0.5) is 0 Å². The minimum Gasteiger partial charge on any atom is -0.490 e. The van der Waals surface area contributed by atoms with Gasteiger partial charge in [-0.1, -0.05) is 33.8 Å². The molecule has 0 aromatic heterocycles. The third kappa shape index (κ3) is 2.26. The molecule has 2 unspecified atom stereocenters. The van der Waals surface area contributed by atoms with Gasteiger partial charge in [0.25, 0.3) is 0 Å². The molecule has 1 saturated carbocycles. The van der Waals surface area contributed by atoms with Crippen LogP contribution in [0.5, 0.6) is 5.75 Å². The van der Waals surface area contributed by atoms with Crippen LogP contribution in [0, 0.1) is 12.3 Å². The molecule has 2 rings (SSSR count). The number of hydrogen-bond acceptors (Lipinski definition) is 2. The average Bonchev–Trinajstić information content (AvgIpc) is 2.28. The summed E-state index contributed by atoms with van der Waals surface area (Å²) in [5.74, 6) is 1.54. The lowest BCUT2D eigenvalue weighted by Crippen LogP contribution is -2.60. The molecule has 0 radical (unpaired) electrons. The Balaban J connectivity index is 2.10. The molecule has 100 valence electrons. The van der Waals surface area contributed by atoms with E-state index in [1.807, 2.05) is 0 Å². The van der Waals surface area contributed by atoms with Crippen LogP contribution in [0.1, 0.15) is 51.2 Å². The van der Waals surface area contributed by atoms with Gasteiger partial charge in [0.05, 0.1) is 0 Å². The summed E-state index contributed by atoms with van der Waals surface area (Å²) >= 11 is 0. The molecule has 0 spiro atoms. The molecule has 1 aliphatic carbocycles. The van der Waals surface area contributed by atoms with E-state index < -0.39 is 0 Å². The van der Waals surface area contributed by atoms with Gasteiger partial charge >= 0.3 is 0 Å². The quantitative estimate of drug-likeness (QED) is 0.885. The van der Waals surface area contributed by atoms with Crippen LogP contribution in [0.3, 0.4) is 0 Å². The Morgan fingerprint density at radius 2 is 2.00 bits per heavy atom. The second kappa shape index (κ2) is 4.58. The van der Waals surface area contributed by atoms with Gasteiger partial charge in [0.15, 0.2) is 0 Å². The lowest BCUT2D eigenvalue weighted by atomic mass is 9.65. The highest BCUT2D eigenvalue weighted by molar-refractivity contribution is 5.36. The summed E-state index contributed by atoms with van der Waals surface area (Å²) in [6.07, 6.45) is 1.20. The molecule has 0 heterocycles. The first kappa shape index (κ1) is 13.4. The van der Waals surface area contributed by atoms with Crippen LogP contribution in [-0.2, 0) is 0 Å². The zero-order chi connectivity index (χ0) is 13.5. The first-order valence-corrected chi connectivity index (χ1v) is 6.85. The van der Waals surface area contributed by atoms with E-state index in [2.05, 4.69) is 52.8 Å². The van der Waals surface area contributed by atoms with Gasteiger partial charge in [0.1, 0.15) is 11.9 Å². The Morgan fingerprint density at radius 1 is 1.33 bits per heavy atom. The van der Waals surface area contributed by atoms with E-state index in [1.54, 1.807) is 0 Å². The summed E-state index contributed by atoms with van der Waals surface area (Å²) in [5.41, 5.74) is 8.81. The molecule has 1 fully saturated rings. The third-order valence-corrected chi connectivity index (χ3v) is 4.40. The number of nitrogens with two attached hydrogens (primary N) is 1. The van der Waals surface area contributed by atoms with Gasteiger partial charge in [-0.15, -0.1) is 0 Å². The van der Waals surface area contributed by atoms with Gasteiger partial charge in [-0.25, -0.2) is 0 Å². The highest BCUT2D eigenvalue weighted by Gasteiger charge is 2.47. The van der Waals surface area contributed by atoms with Crippen molar-refractivity contribution in [1.29, 1.82) is 0 Å². The Kier molecular flexibility index (Phi) is 3.41. The largest absolute Gasteiger partial charge is 0.490 e. The van der Waals surface area contributed by atoms with Crippen LogP contribution in [0.2, 0.25) is 0 Å². The molecular weight excluding hydrogens is 222 g/mol. The average molecular weight is 247 g/mol. The SMILES string of the molecule is Cc1cc(OC2CC(N)C2(C)C)ccc1C(C)C. The summed E-state index contributed by atoms with van der Waals surface area (Å²) in [6.45, 7) is 11.0. The van der Waals surface area contributed by atoms with Crippen LogP contribution < -0.4 is 10.5 Å². The van der Waals surface area contributed by atoms with Crippen molar-refractivity contribution >= 4 is 0 Å². The van der Waals surface area contributed by atoms with E-state index in [1.165, 1.54) is 11.1 Å². The van der Waals surface area contributed by atoms with Crippen molar-refractivity contribution in [1.82, 2.24) is 0 Å². The van der Waals surface area contributed by atoms with Crippen LogP contribution in [-0.4, -0.2) is 12.1 Å². The predicted molar refractivity (Wildman–Crippen MR) is 76.1 cm³/mol. The van der Waals surface area contributed by atoms with E-state index in [0.717, 1.165) is 12.2 Å². The maximum absolute atomic E-state index is 6.07. The van der Waals surface area contributed by atoms with Gasteiger partial charge in [-0.2, -0.15) is 0 Å². The van der Waals surface area contributed by atoms with E-state index in [0.29, 0.717) is 5.92 Å². The summed E-state index contributed by atoms with van der Waals surface area (Å²) in [7, 11) is 0. The standard InChI is InChI=1S/C16H25NO/c1-10(2)13-7-6-12(8-11(13)3)18-15-9-14(17)16(15,4)5/h6-8,10,14-15H,9,17H2,1-5H3. The van der Waals surface area contributed by atoms with Crippen molar-refractivity contribution in [2.24, 2.45) is 11.1 Å². The number of ether oxygens (including phenoxy) is 1. The fourth-order valence-electron chi connectivity index (χ4n) is 2.65. The predicted octanol–water partition coefficient (Wildman–Crippen LogP) is 3.62. The molecule has 0 saturated heterocycles. The van der Waals surface area contributed by atoms with Crippen molar-refractivity contribution in [3.63, 3.8) is 0 Å². The van der Waals surface area contributed by atoms with Crippen molar-refractivity contribution in [2.75, 3.05) is 0 Å². The summed E-state index contributed by atoms with van der Waals surface area (Å²) < 4.78 is 6.07. The van der Waals surface area contributed by atoms with Crippen molar-refractivity contribution < 1.29 is 4.74 Å². The number of hydrogen-bond donors (Lipinski definition) is 1. The van der Waals surface area contributed by atoms with E-state index in [4.69, 9.17) is 10.5 Å². The number of benzene rings is 1.